The van der Waals surface area contributed by atoms with Gasteiger partial charge >= 0.3 is 6.18 Å². The minimum atomic E-state index is -4.29. The van der Waals surface area contributed by atoms with Gasteiger partial charge in [0.05, 0.1) is 0 Å². The lowest BCUT2D eigenvalue weighted by molar-refractivity contribution is -0.115. The van der Waals surface area contributed by atoms with E-state index in [4.69, 9.17) is 4.74 Å². The lowest BCUT2D eigenvalue weighted by Gasteiger charge is -2.11. The van der Waals surface area contributed by atoms with Crippen molar-refractivity contribution in [1.82, 2.24) is 9.97 Å². The van der Waals surface area contributed by atoms with Crippen LogP contribution in [-0.2, 0) is 11.3 Å². The van der Waals surface area contributed by atoms with Crippen LogP contribution in [0.4, 0.5) is 24.8 Å². The van der Waals surface area contributed by atoms with E-state index in [0.717, 1.165) is 0 Å². The largest absolute Gasteiger partial charge is 0.405 e. The molecule has 0 radical (unpaired) electrons. The Morgan fingerprint density at radius 3 is 2.50 bits per heavy atom. The average molecular weight is 264 g/mol. The first-order chi connectivity index (χ1) is 8.44. The van der Waals surface area contributed by atoms with Crippen molar-refractivity contribution in [3.8, 4) is 0 Å². The van der Waals surface area contributed by atoms with E-state index >= 15 is 0 Å². The zero-order valence-electron chi connectivity index (χ0n) is 10.1. The lowest BCUT2D eigenvalue weighted by atomic mass is 10.4. The van der Waals surface area contributed by atoms with E-state index in [0.29, 0.717) is 18.2 Å². The first-order valence-corrected chi connectivity index (χ1v) is 5.38. The van der Waals surface area contributed by atoms with Gasteiger partial charge in [0, 0.05) is 19.7 Å². The molecule has 1 heterocycles. The second-order valence-corrected chi connectivity index (χ2v) is 3.41. The lowest BCUT2D eigenvalue weighted by Crippen LogP contribution is -2.22. The molecule has 0 saturated heterocycles. The molecule has 0 bridgehead atoms. The second-order valence-electron chi connectivity index (χ2n) is 3.41. The molecule has 102 valence electrons. The Morgan fingerprint density at radius 1 is 1.28 bits per heavy atom. The van der Waals surface area contributed by atoms with Crippen LogP contribution in [0.15, 0.2) is 6.07 Å². The highest BCUT2D eigenvalue weighted by Gasteiger charge is 2.26. The number of aromatic nitrogens is 2. The van der Waals surface area contributed by atoms with Crippen LogP contribution in [0.1, 0.15) is 12.7 Å². The fourth-order valence-electron chi connectivity index (χ4n) is 1.16. The molecule has 0 atom stereocenters. The van der Waals surface area contributed by atoms with Crippen LogP contribution in [-0.4, -0.2) is 36.3 Å². The predicted molar refractivity (Wildman–Crippen MR) is 61.5 cm³/mol. The van der Waals surface area contributed by atoms with Gasteiger partial charge in [0.25, 0.3) is 0 Å². The van der Waals surface area contributed by atoms with Crippen molar-refractivity contribution >= 4 is 11.6 Å². The van der Waals surface area contributed by atoms with Gasteiger partial charge in [0.1, 0.15) is 24.8 Å². The Morgan fingerprint density at radius 2 is 1.94 bits per heavy atom. The molecule has 18 heavy (non-hydrogen) atoms. The summed E-state index contributed by atoms with van der Waals surface area (Å²) in [7, 11) is 1.63. The van der Waals surface area contributed by atoms with Gasteiger partial charge in [0.15, 0.2) is 5.82 Å². The number of anilines is 2. The smallest absolute Gasteiger partial charge is 0.374 e. The Labute approximate surface area is 103 Å². The number of rotatable bonds is 6. The summed E-state index contributed by atoms with van der Waals surface area (Å²) in [4.78, 5) is 8.00. The van der Waals surface area contributed by atoms with Crippen molar-refractivity contribution in [2.24, 2.45) is 0 Å². The minimum Gasteiger partial charge on any atom is -0.374 e. The summed E-state index contributed by atoms with van der Waals surface area (Å²) in [6.45, 7) is 1.32. The first-order valence-electron chi connectivity index (χ1n) is 5.38. The Kier molecular flexibility index (Phi) is 5.14. The van der Waals surface area contributed by atoms with E-state index in [1.54, 1.807) is 7.05 Å². The number of alkyl halides is 3. The van der Waals surface area contributed by atoms with Crippen LogP contribution in [0.25, 0.3) is 0 Å². The van der Waals surface area contributed by atoms with Crippen LogP contribution >= 0.6 is 0 Å². The van der Waals surface area contributed by atoms with E-state index in [1.165, 1.54) is 6.07 Å². The zero-order chi connectivity index (χ0) is 13.6. The maximum absolute atomic E-state index is 12.1. The monoisotopic (exact) mass is 264 g/mol. The minimum absolute atomic E-state index is 0.112. The van der Waals surface area contributed by atoms with Gasteiger partial charge in [-0.15, -0.1) is 0 Å². The van der Waals surface area contributed by atoms with Gasteiger partial charge in [-0.2, -0.15) is 13.2 Å². The molecule has 0 spiro atoms. The molecule has 0 aromatic carbocycles. The second kappa shape index (κ2) is 6.39. The molecule has 0 aliphatic carbocycles. The summed E-state index contributed by atoms with van der Waals surface area (Å²) in [6.07, 6.45) is -4.29. The number of nitrogens with one attached hydrogen (secondary N) is 2. The van der Waals surface area contributed by atoms with Crippen molar-refractivity contribution in [3.05, 3.63) is 11.9 Å². The number of ether oxygens (including phenoxy) is 1. The molecule has 0 amide bonds. The fraction of sp³-hybridized carbons (Fsp3) is 0.600. The van der Waals surface area contributed by atoms with Gasteiger partial charge in [-0.25, -0.2) is 9.97 Å². The van der Waals surface area contributed by atoms with Gasteiger partial charge in [-0.3, -0.25) is 0 Å². The van der Waals surface area contributed by atoms with E-state index in [1.807, 2.05) is 6.92 Å². The molecule has 0 fully saturated rings. The molecule has 8 heteroatoms. The van der Waals surface area contributed by atoms with Crippen LogP contribution in [0.5, 0.6) is 0 Å². The van der Waals surface area contributed by atoms with E-state index in [9.17, 15) is 13.2 Å². The van der Waals surface area contributed by atoms with Crippen molar-refractivity contribution < 1.29 is 17.9 Å². The number of hydrogen-bond donors (Lipinski definition) is 2. The average Bonchev–Trinajstić information content (AvgIpc) is 2.32. The third kappa shape index (κ3) is 5.17. The van der Waals surface area contributed by atoms with Crippen LogP contribution < -0.4 is 10.6 Å². The van der Waals surface area contributed by atoms with Gasteiger partial charge in [-0.1, -0.05) is 0 Å². The summed E-state index contributed by atoms with van der Waals surface area (Å²) in [5, 5.41) is 4.96. The highest BCUT2D eigenvalue weighted by molar-refractivity contribution is 5.47. The highest BCUT2D eigenvalue weighted by atomic mass is 19.4. The molecule has 0 saturated carbocycles. The van der Waals surface area contributed by atoms with Crippen LogP contribution in [0.3, 0.4) is 0 Å². The van der Waals surface area contributed by atoms with Gasteiger partial charge in [-0.05, 0) is 6.92 Å². The standard InChI is InChI=1S/C10H15F3N4O/c1-3-18-5-9-16-7(14-2)4-8(17-9)15-6-10(11,12)13/h4H,3,5-6H2,1-2H3,(H2,14,15,16,17). The van der Waals surface area contributed by atoms with E-state index in [2.05, 4.69) is 20.6 Å². The summed E-state index contributed by atoms with van der Waals surface area (Å²) in [6, 6.07) is 1.40. The molecular formula is C10H15F3N4O. The number of halogens is 3. The summed E-state index contributed by atoms with van der Waals surface area (Å²) in [5.41, 5.74) is 0. The van der Waals surface area contributed by atoms with Gasteiger partial charge < -0.3 is 15.4 Å². The molecule has 0 aliphatic heterocycles. The van der Waals surface area contributed by atoms with Crippen molar-refractivity contribution in [2.45, 2.75) is 19.7 Å². The quantitative estimate of drug-likeness (QED) is 0.823. The normalized spacial score (nSPS) is 11.4. The SMILES string of the molecule is CCOCc1nc(NC)cc(NCC(F)(F)F)n1. The van der Waals surface area contributed by atoms with E-state index in [-0.39, 0.29) is 12.4 Å². The van der Waals surface area contributed by atoms with Crippen LogP contribution in [0.2, 0.25) is 0 Å². The Balaban J connectivity index is 2.76. The third-order valence-corrected chi connectivity index (χ3v) is 1.93. The van der Waals surface area contributed by atoms with Crippen molar-refractivity contribution in [2.75, 3.05) is 30.8 Å². The summed E-state index contributed by atoms with van der Waals surface area (Å²) in [5.74, 6) is 0.874. The van der Waals surface area contributed by atoms with Crippen molar-refractivity contribution in [1.29, 1.82) is 0 Å². The maximum Gasteiger partial charge on any atom is 0.405 e. The highest BCUT2D eigenvalue weighted by Crippen LogP contribution is 2.17. The van der Waals surface area contributed by atoms with Crippen molar-refractivity contribution in [3.63, 3.8) is 0 Å². The van der Waals surface area contributed by atoms with Gasteiger partial charge in [0.2, 0.25) is 0 Å². The first kappa shape index (κ1) is 14.5. The molecule has 1 rings (SSSR count). The molecular weight excluding hydrogens is 249 g/mol. The maximum atomic E-state index is 12.1. The van der Waals surface area contributed by atoms with Crippen LogP contribution in [0, 0.1) is 0 Å². The molecule has 5 nitrogen and oxygen atoms in total. The number of nitrogens with zero attached hydrogens (tertiary/aromatic N) is 2. The molecule has 2 N–H and O–H groups in total. The molecule has 0 unspecified atom stereocenters. The zero-order valence-corrected chi connectivity index (χ0v) is 10.1. The Bertz CT molecular complexity index is 384. The summed E-state index contributed by atoms with van der Waals surface area (Å²) < 4.78 is 41.4. The molecule has 0 aliphatic rings. The number of hydrogen-bond acceptors (Lipinski definition) is 5. The third-order valence-electron chi connectivity index (χ3n) is 1.93. The molecule has 1 aromatic heterocycles. The predicted octanol–water partition coefficient (Wildman–Crippen LogP) is 2.03. The fourth-order valence-corrected chi connectivity index (χ4v) is 1.16. The van der Waals surface area contributed by atoms with E-state index < -0.39 is 12.7 Å². The molecule has 1 aromatic rings. The Hall–Kier alpha value is -1.57. The summed E-state index contributed by atoms with van der Waals surface area (Å²) >= 11 is 0. The topological polar surface area (TPSA) is 59.1 Å².